The molecule has 9 heteroatoms. The van der Waals surface area contributed by atoms with E-state index in [1.165, 1.54) is 6.33 Å². The Morgan fingerprint density at radius 1 is 1.48 bits per heavy atom. The predicted octanol–water partition coefficient (Wildman–Crippen LogP) is 1.58. The predicted molar refractivity (Wildman–Crippen MR) is 89.1 cm³/mol. The second-order valence-electron chi connectivity index (χ2n) is 5.62. The van der Waals surface area contributed by atoms with Crippen molar-refractivity contribution >= 4 is 35.3 Å². The molecule has 3 N–H and O–H groups in total. The largest absolute Gasteiger partial charge is 0.394 e. The molecule has 0 aliphatic carbocycles. The van der Waals surface area contributed by atoms with E-state index < -0.39 is 5.12 Å². The monoisotopic (exact) mass is 361 g/mol. The lowest BCUT2D eigenvalue weighted by molar-refractivity contribution is -0.0567. The zero-order valence-corrected chi connectivity index (χ0v) is 14.4. The molecule has 3 heterocycles. The summed E-state index contributed by atoms with van der Waals surface area (Å²) in [5, 5.41) is 24.6. The third-order valence-electron chi connectivity index (χ3n) is 3.49. The molecule has 3 rings (SSSR count). The Morgan fingerprint density at radius 2 is 2.13 bits per heavy atom. The molecule has 1 fully saturated rings. The van der Waals surface area contributed by atoms with E-state index in [-0.39, 0.29) is 18.9 Å². The Morgan fingerprint density at radius 3 is 2.70 bits per heavy atom. The van der Waals surface area contributed by atoms with E-state index in [9.17, 15) is 5.11 Å². The summed E-state index contributed by atoms with van der Waals surface area (Å²) in [6.07, 6.45) is 4.01. The van der Waals surface area contributed by atoms with Crippen LogP contribution in [0.15, 0.2) is 18.6 Å². The van der Waals surface area contributed by atoms with E-state index in [2.05, 4.69) is 29.5 Å². The van der Waals surface area contributed by atoms with Crippen molar-refractivity contribution in [1.82, 2.24) is 14.5 Å². The van der Waals surface area contributed by atoms with Gasteiger partial charge in [-0.15, -0.1) is 12.6 Å². The van der Waals surface area contributed by atoms with Gasteiger partial charge < -0.3 is 24.6 Å². The van der Waals surface area contributed by atoms with Crippen molar-refractivity contribution < 1.29 is 20.1 Å². The van der Waals surface area contributed by atoms with Gasteiger partial charge in [0.1, 0.15) is 23.4 Å². The maximum atomic E-state index is 9.23. The molecule has 128 valence electrons. The third kappa shape index (κ3) is 4.79. The van der Waals surface area contributed by atoms with Gasteiger partial charge in [0.25, 0.3) is 0 Å². The Kier molecular flexibility index (Phi) is 5.88. The number of aromatic nitrogens is 3. The van der Waals surface area contributed by atoms with Crippen molar-refractivity contribution in [2.45, 2.75) is 37.7 Å². The molecule has 1 saturated heterocycles. The van der Waals surface area contributed by atoms with Gasteiger partial charge in [0.2, 0.25) is 5.12 Å². The first kappa shape index (κ1) is 18.4. The molecule has 23 heavy (non-hydrogen) atoms. The summed E-state index contributed by atoms with van der Waals surface area (Å²) in [6, 6.07) is 1.89. The third-order valence-corrected chi connectivity index (χ3v) is 3.79. The van der Waals surface area contributed by atoms with E-state index in [1.807, 2.05) is 16.8 Å². The molecular weight excluding hydrogens is 342 g/mol. The number of fused-ring (bicyclic) bond motifs is 1. The molecule has 3 atom stereocenters. The quantitative estimate of drug-likeness (QED) is 0.368. The van der Waals surface area contributed by atoms with Gasteiger partial charge in [-0.25, -0.2) is 9.97 Å². The number of rotatable bonds is 2. The van der Waals surface area contributed by atoms with Gasteiger partial charge in [0.15, 0.2) is 0 Å². The van der Waals surface area contributed by atoms with Crippen LogP contribution in [0.2, 0.25) is 5.15 Å². The SMILES string of the molecule is CC(O)(O)S.CC1CC(n2ccc3c(Cl)ncnc32)OC1CO. The zero-order chi connectivity index (χ0) is 17.2. The van der Waals surface area contributed by atoms with Gasteiger partial charge in [-0.3, -0.25) is 0 Å². The minimum absolute atomic E-state index is 0.0482. The number of hydrogen-bond donors (Lipinski definition) is 4. The van der Waals surface area contributed by atoms with Gasteiger partial charge in [0, 0.05) is 6.20 Å². The van der Waals surface area contributed by atoms with Crippen LogP contribution < -0.4 is 0 Å². The molecule has 2 aromatic heterocycles. The maximum Gasteiger partial charge on any atom is 0.207 e. The first-order chi connectivity index (χ1) is 10.7. The van der Waals surface area contributed by atoms with E-state index in [0.717, 1.165) is 24.4 Å². The molecular formula is C14H20ClN3O4S. The highest BCUT2D eigenvalue weighted by molar-refractivity contribution is 7.81. The lowest BCUT2D eigenvalue weighted by atomic mass is 10.0. The number of thiol groups is 1. The summed E-state index contributed by atoms with van der Waals surface area (Å²) in [5.74, 6) is 0.328. The van der Waals surface area contributed by atoms with Crippen LogP contribution in [0.5, 0.6) is 0 Å². The molecule has 1 aliphatic heterocycles. The van der Waals surface area contributed by atoms with Crippen LogP contribution in [0.3, 0.4) is 0 Å². The summed E-state index contributed by atoms with van der Waals surface area (Å²) >= 11 is 9.25. The standard InChI is InChI=1S/C12H14ClN3O2.C2H6O2S/c1-7-4-10(18-9(7)5-17)16-3-2-8-11(13)14-6-15-12(8)16;1-2(3,4)5/h2-3,6-7,9-10,17H,4-5H2,1H3;3-5H,1H3. The molecule has 0 spiro atoms. The van der Waals surface area contributed by atoms with Crippen molar-refractivity contribution in [2.24, 2.45) is 5.92 Å². The van der Waals surface area contributed by atoms with Gasteiger partial charge in [-0.1, -0.05) is 18.5 Å². The van der Waals surface area contributed by atoms with Gasteiger partial charge in [-0.2, -0.15) is 0 Å². The van der Waals surface area contributed by atoms with Gasteiger partial charge >= 0.3 is 0 Å². The molecule has 3 unspecified atom stereocenters. The Hall–Kier alpha value is -0.900. The van der Waals surface area contributed by atoms with Crippen LogP contribution in [0.4, 0.5) is 0 Å². The van der Waals surface area contributed by atoms with E-state index in [1.54, 1.807) is 0 Å². The zero-order valence-electron chi connectivity index (χ0n) is 12.8. The highest BCUT2D eigenvalue weighted by atomic mass is 35.5. The van der Waals surface area contributed by atoms with Crippen LogP contribution in [0, 0.1) is 5.92 Å². The van der Waals surface area contributed by atoms with Gasteiger partial charge in [-0.05, 0) is 25.3 Å². The molecule has 0 saturated carbocycles. The molecule has 7 nitrogen and oxygen atoms in total. The first-order valence-electron chi connectivity index (χ1n) is 7.11. The van der Waals surface area contributed by atoms with Crippen LogP contribution in [0.25, 0.3) is 11.0 Å². The summed E-state index contributed by atoms with van der Waals surface area (Å²) in [7, 11) is 0. The van der Waals surface area contributed by atoms with Crippen molar-refractivity contribution in [3.05, 3.63) is 23.7 Å². The van der Waals surface area contributed by atoms with Crippen LogP contribution in [-0.4, -0.2) is 47.7 Å². The highest BCUT2D eigenvalue weighted by Crippen LogP contribution is 2.35. The fraction of sp³-hybridized carbons (Fsp3) is 0.571. The summed E-state index contributed by atoms with van der Waals surface area (Å²) in [6.45, 7) is 3.29. The molecule has 1 aliphatic rings. The fourth-order valence-electron chi connectivity index (χ4n) is 2.44. The maximum absolute atomic E-state index is 9.23. The van der Waals surface area contributed by atoms with Crippen molar-refractivity contribution in [2.75, 3.05) is 6.61 Å². The highest BCUT2D eigenvalue weighted by Gasteiger charge is 2.33. The average Bonchev–Trinajstić information content (AvgIpc) is 3.01. The molecule has 0 amide bonds. The smallest absolute Gasteiger partial charge is 0.207 e. The number of nitrogens with zero attached hydrogens (tertiary/aromatic N) is 3. The van der Waals surface area contributed by atoms with Crippen molar-refractivity contribution in [1.29, 1.82) is 0 Å². The second-order valence-corrected chi connectivity index (χ2v) is 6.83. The second kappa shape index (κ2) is 7.33. The molecule has 2 aromatic rings. The minimum atomic E-state index is -1.81. The average molecular weight is 362 g/mol. The number of hydrogen-bond acceptors (Lipinski definition) is 7. The summed E-state index contributed by atoms with van der Waals surface area (Å²) < 4.78 is 7.78. The summed E-state index contributed by atoms with van der Waals surface area (Å²) in [5.41, 5.74) is 0.769. The molecule has 0 radical (unpaired) electrons. The topological polar surface area (TPSA) is 101 Å². The van der Waals surface area contributed by atoms with E-state index in [0.29, 0.717) is 11.1 Å². The van der Waals surface area contributed by atoms with E-state index in [4.69, 9.17) is 26.6 Å². The van der Waals surface area contributed by atoms with Crippen LogP contribution >= 0.6 is 24.2 Å². The number of halogens is 1. The molecule has 0 bridgehead atoms. The summed E-state index contributed by atoms with van der Waals surface area (Å²) in [4.78, 5) is 8.20. The Balaban J connectivity index is 0.000000338. The van der Waals surface area contributed by atoms with Crippen LogP contribution in [0.1, 0.15) is 26.5 Å². The number of aliphatic hydroxyl groups excluding tert-OH is 1. The Labute approximate surface area is 144 Å². The normalized spacial score (nSPS) is 24.6. The minimum Gasteiger partial charge on any atom is -0.394 e. The van der Waals surface area contributed by atoms with Crippen molar-refractivity contribution in [3.63, 3.8) is 0 Å². The Bertz CT molecular complexity index is 655. The fourth-order valence-corrected chi connectivity index (χ4v) is 2.63. The molecule has 0 aromatic carbocycles. The van der Waals surface area contributed by atoms with E-state index >= 15 is 0 Å². The first-order valence-corrected chi connectivity index (χ1v) is 7.93. The lowest BCUT2D eigenvalue weighted by Crippen LogP contribution is -2.18. The van der Waals surface area contributed by atoms with Crippen LogP contribution in [-0.2, 0) is 4.74 Å². The van der Waals surface area contributed by atoms with Gasteiger partial charge in [0.05, 0.1) is 18.1 Å². The lowest BCUT2D eigenvalue weighted by Gasteiger charge is -2.14. The number of ether oxygens (including phenoxy) is 1. The number of aliphatic hydroxyl groups is 3. The van der Waals surface area contributed by atoms with Crippen molar-refractivity contribution in [3.8, 4) is 0 Å².